The van der Waals surface area contributed by atoms with E-state index < -0.39 is 5.82 Å². The summed E-state index contributed by atoms with van der Waals surface area (Å²) in [5, 5.41) is 2.61. The zero-order valence-corrected chi connectivity index (χ0v) is 14.9. The Hall–Kier alpha value is -3.35. The van der Waals surface area contributed by atoms with Gasteiger partial charge in [0, 0.05) is 24.2 Å². The van der Waals surface area contributed by atoms with Crippen LogP contribution < -0.4 is 11.1 Å². The van der Waals surface area contributed by atoms with Crippen LogP contribution in [-0.4, -0.2) is 23.4 Å². The third-order valence-electron chi connectivity index (χ3n) is 3.59. The molecule has 0 aliphatic heterocycles. The maximum Gasteiger partial charge on any atom is 0.222 e. The van der Waals surface area contributed by atoms with Gasteiger partial charge in [-0.25, -0.2) is 19.4 Å². The Morgan fingerprint density at radius 1 is 1.38 bits per heavy atom. The molecule has 3 N–H and O–H groups in total. The highest BCUT2D eigenvalue weighted by Crippen LogP contribution is 2.26. The number of aromatic nitrogens is 1. The molecule has 7 heteroatoms. The molecule has 1 aromatic heterocycles. The molecule has 0 atom stereocenters. The maximum atomic E-state index is 13.6. The van der Waals surface area contributed by atoms with Crippen molar-refractivity contribution in [3.63, 3.8) is 0 Å². The Kier molecular flexibility index (Phi) is 5.95. The zero-order chi connectivity index (χ0) is 19.3. The quantitative estimate of drug-likeness (QED) is 0.500. The summed E-state index contributed by atoms with van der Waals surface area (Å²) < 4.78 is 13.6. The van der Waals surface area contributed by atoms with Gasteiger partial charge in [-0.15, -0.1) is 0 Å². The number of hydrogen-bond donors (Lipinski definition) is 2. The molecule has 26 heavy (non-hydrogen) atoms. The first-order chi connectivity index (χ1) is 12.3. The predicted octanol–water partition coefficient (Wildman–Crippen LogP) is 3.58. The van der Waals surface area contributed by atoms with Crippen LogP contribution in [0.3, 0.4) is 0 Å². The lowest BCUT2D eigenvalue weighted by Gasteiger charge is -2.10. The van der Waals surface area contributed by atoms with Crippen molar-refractivity contribution >= 4 is 35.7 Å². The number of amidine groups is 1. The topological polar surface area (TPSA) is 92.7 Å². The van der Waals surface area contributed by atoms with E-state index in [4.69, 9.17) is 5.73 Å². The van der Waals surface area contributed by atoms with Gasteiger partial charge < -0.3 is 11.1 Å². The highest BCUT2D eigenvalue weighted by molar-refractivity contribution is 6.05. The van der Waals surface area contributed by atoms with Gasteiger partial charge in [-0.05, 0) is 50.4 Å². The molecule has 0 saturated heterocycles. The summed E-state index contributed by atoms with van der Waals surface area (Å²) in [5.74, 6) is 0.0260. The molecule has 0 bridgehead atoms. The molecule has 0 fully saturated rings. The molecule has 0 unspecified atom stereocenters. The smallest absolute Gasteiger partial charge is 0.222 e. The number of nitrogens with one attached hydrogen (secondary N) is 1. The average molecular weight is 353 g/mol. The number of carbonyl (C=O) groups is 1. The van der Waals surface area contributed by atoms with Crippen LogP contribution in [0, 0.1) is 12.7 Å². The van der Waals surface area contributed by atoms with E-state index in [-0.39, 0.29) is 11.6 Å². The normalized spacial score (nSPS) is 12.0. The second kappa shape index (κ2) is 8.15. The van der Waals surface area contributed by atoms with Crippen LogP contribution in [-0.2, 0) is 4.79 Å². The van der Waals surface area contributed by atoms with Gasteiger partial charge in [0.1, 0.15) is 11.6 Å². The lowest BCUT2D eigenvalue weighted by molar-refractivity contribution is -0.114. The predicted molar refractivity (Wildman–Crippen MR) is 104 cm³/mol. The first-order valence-electron chi connectivity index (χ1n) is 7.87. The summed E-state index contributed by atoms with van der Waals surface area (Å²) in [4.78, 5) is 23.8. The van der Waals surface area contributed by atoms with Crippen LogP contribution in [0.4, 0.5) is 15.9 Å². The summed E-state index contributed by atoms with van der Waals surface area (Å²) in [5.41, 5.74) is 8.34. The van der Waals surface area contributed by atoms with Gasteiger partial charge in [0.2, 0.25) is 5.91 Å². The molecule has 2 rings (SSSR count). The van der Waals surface area contributed by atoms with E-state index in [2.05, 4.69) is 27.0 Å². The van der Waals surface area contributed by atoms with E-state index in [1.165, 1.54) is 19.2 Å². The number of nitrogen functional groups attached to an aromatic ring is 1. The second-order valence-corrected chi connectivity index (χ2v) is 5.57. The van der Waals surface area contributed by atoms with E-state index in [9.17, 15) is 9.18 Å². The number of amides is 1. The van der Waals surface area contributed by atoms with Crippen molar-refractivity contribution in [2.75, 3.05) is 11.1 Å². The molecule has 1 heterocycles. The van der Waals surface area contributed by atoms with Crippen LogP contribution in [0.25, 0.3) is 5.70 Å². The number of nitrogens with zero attached hydrogens (tertiary/aromatic N) is 3. The number of halogens is 1. The second-order valence-electron chi connectivity index (χ2n) is 5.57. The number of aryl methyl sites for hydroxylation is 1. The van der Waals surface area contributed by atoms with E-state index in [1.54, 1.807) is 31.2 Å². The van der Waals surface area contributed by atoms with E-state index >= 15 is 0 Å². The molecule has 0 aliphatic rings. The fourth-order valence-corrected chi connectivity index (χ4v) is 2.37. The molecule has 0 radical (unpaired) electrons. The zero-order valence-electron chi connectivity index (χ0n) is 14.9. The third-order valence-corrected chi connectivity index (χ3v) is 3.59. The minimum atomic E-state index is -0.471. The van der Waals surface area contributed by atoms with Crippen molar-refractivity contribution in [2.24, 2.45) is 9.98 Å². The van der Waals surface area contributed by atoms with Crippen LogP contribution in [0.2, 0.25) is 0 Å². The van der Waals surface area contributed by atoms with Gasteiger partial charge >= 0.3 is 0 Å². The van der Waals surface area contributed by atoms with Crippen molar-refractivity contribution in [2.45, 2.75) is 20.8 Å². The Morgan fingerprint density at radius 2 is 2.12 bits per heavy atom. The number of nitrogens with two attached hydrogens (primary N) is 1. The molecular formula is C19H20FN5O. The standard InChI is InChI=1S/C19H20FN5O/c1-5-17(14-10-16(21)15(20)8-11(14)2)25-19(22-4)13-6-7-23-18(9-13)24-12(3)26/h5-10H,4,21H2,1-3H3,(H,23,24,26)/b17-5-,25-19-. The van der Waals surface area contributed by atoms with E-state index in [0.717, 1.165) is 0 Å². The van der Waals surface area contributed by atoms with Gasteiger partial charge in [0.25, 0.3) is 0 Å². The van der Waals surface area contributed by atoms with Crippen LogP contribution >= 0.6 is 0 Å². The highest BCUT2D eigenvalue weighted by atomic mass is 19.1. The molecule has 1 aromatic carbocycles. The number of hydrogen-bond acceptors (Lipinski definition) is 4. The number of carbonyl (C=O) groups excluding carboxylic acids is 1. The number of aliphatic imine (C=N–C) groups is 2. The molecule has 0 saturated carbocycles. The summed E-state index contributed by atoms with van der Waals surface area (Å²) >= 11 is 0. The Bertz CT molecular complexity index is 918. The Morgan fingerprint density at radius 3 is 2.73 bits per heavy atom. The first-order valence-corrected chi connectivity index (χ1v) is 7.87. The number of pyridine rings is 1. The van der Waals surface area contributed by atoms with Crippen molar-refractivity contribution in [3.05, 3.63) is 59.0 Å². The third kappa shape index (κ3) is 4.38. The number of benzene rings is 1. The first kappa shape index (κ1) is 19.0. The highest BCUT2D eigenvalue weighted by Gasteiger charge is 2.11. The summed E-state index contributed by atoms with van der Waals surface area (Å²) in [7, 11) is 0. The van der Waals surface area contributed by atoms with Crippen LogP contribution in [0.1, 0.15) is 30.5 Å². The fraction of sp³-hybridized carbons (Fsp3) is 0.158. The molecule has 6 nitrogen and oxygen atoms in total. The largest absolute Gasteiger partial charge is 0.396 e. The van der Waals surface area contributed by atoms with Crippen LogP contribution in [0.5, 0.6) is 0 Å². The molecule has 1 amide bonds. The molecular weight excluding hydrogens is 333 g/mol. The molecule has 0 spiro atoms. The average Bonchev–Trinajstić information content (AvgIpc) is 2.59. The van der Waals surface area contributed by atoms with Crippen molar-refractivity contribution < 1.29 is 9.18 Å². The number of anilines is 2. The molecule has 134 valence electrons. The van der Waals surface area contributed by atoms with E-state index in [1.807, 2.05) is 6.92 Å². The summed E-state index contributed by atoms with van der Waals surface area (Å²) in [6.07, 6.45) is 3.32. The Balaban J connectivity index is 2.48. The van der Waals surface area contributed by atoms with Gasteiger partial charge in [-0.1, -0.05) is 6.08 Å². The fourth-order valence-electron chi connectivity index (χ4n) is 2.37. The minimum Gasteiger partial charge on any atom is -0.396 e. The van der Waals surface area contributed by atoms with Gasteiger partial charge in [-0.3, -0.25) is 4.79 Å². The van der Waals surface area contributed by atoms with Gasteiger partial charge in [-0.2, -0.15) is 0 Å². The number of rotatable bonds is 4. The Labute approximate surface area is 151 Å². The molecule has 2 aromatic rings. The lowest BCUT2D eigenvalue weighted by Crippen LogP contribution is -2.08. The summed E-state index contributed by atoms with van der Waals surface area (Å²) in [6, 6.07) is 6.26. The minimum absolute atomic E-state index is 0.0464. The van der Waals surface area contributed by atoms with Crippen molar-refractivity contribution in [1.82, 2.24) is 4.98 Å². The van der Waals surface area contributed by atoms with E-state index in [0.29, 0.717) is 34.0 Å². The SMILES string of the molecule is C=N/C(=N\C(=C/C)c1cc(N)c(F)cc1C)c1ccnc(NC(C)=O)c1. The molecule has 0 aliphatic carbocycles. The summed E-state index contributed by atoms with van der Waals surface area (Å²) in [6.45, 7) is 8.55. The number of allylic oxidation sites excluding steroid dienone is 1. The van der Waals surface area contributed by atoms with Crippen LogP contribution in [0.15, 0.2) is 46.5 Å². The van der Waals surface area contributed by atoms with Crippen molar-refractivity contribution in [1.29, 1.82) is 0 Å². The monoisotopic (exact) mass is 353 g/mol. The van der Waals surface area contributed by atoms with Gasteiger partial charge in [0.15, 0.2) is 5.84 Å². The maximum absolute atomic E-state index is 13.6. The van der Waals surface area contributed by atoms with Gasteiger partial charge in [0.05, 0.1) is 11.4 Å². The van der Waals surface area contributed by atoms with Crippen molar-refractivity contribution in [3.8, 4) is 0 Å². The lowest BCUT2D eigenvalue weighted by atomic mass is 10.0.